The first-order chi connectivity index (χ1) is 6.93. The molecule has 0 aromatic heterocycles. The number of carbonyl (C=O) groups excluding carboxylic acids is 1. The van der Waals surface area contributed by atoms with Crippen LogP contribution in [-0.2, 0) is 9.59 Å². The SMILES string of the molecule is O=C(O)[C@@H]1CCCN1C(=O)[C@@H]1CC1(Cl)Cl. The van der Waals surface area contributed by atoms with Crippen LogP contribution in [0.25, 0.3) is 0 Å². The van der Waals surface area contributed by atoms with Gasteiger partial charge in [-0.2, -0.15) is 0 Å². The van der Waals surface area contributed by atoms with Gasteiger partial charge < -0.3 is 10.0 Å². The van der Waals surface area contributed by atoms with Crippen LogP contribution in [0.4, 0.5) is 0 Å². The monoisotopic (exact) mass is 251 g/mol. The number of halogens is 2. The van der Waals surface area contributed by atoms with Crippen molar-refractivity contribution in [2.45, 2.75) is 29.6 Å². The summed E-state index contributed by atoms with van der Waals surface area (Å²) in [7, 11) is 0. The molecule has 15 heavy (non-hydrogen) atoms. The standard InChI is InChI=1S/C9H11Cl2NO3/c10-9(11)4-5(9)7(13)12-3-1-2-6(12)8(14)15/h5-6H,1-4H2,(H,14,15)/t5-,6-/m0/s1. The van der Waals surface area contributed by atoms with Crippen molar-refractivity contribution < 1.29 is 14.7 Å². The zero-order chi connectivity index (χ0) is 11.2. The Hall–Kier alpha value is -0.480. The molecule has 1 aliphatic heterocycles. The molecule has 6 heteroatoms. The summed E-state index contributed by atoms with van der Waals surface area (Å²) in [6.45, 7) is 0.496. The van der Waals surface area contributed by atoms with Gasteiger partial charge in [-0.1, -0.05) is 0 Å². The lowest BCUT2D eigenvalue weighted by atomic mass is 10.2. The van der Waals surface area contributed by atoms with Gasteiger partial charge in [0.1, 0.15) is 10.4 Å². The molecule has 0 bridgehead atoms. The third-order valence-corrected chi connectivity index (χ3v) is 3.78. The molecule has 1 amide bonds. The molecule has 0 unspecified atom stereocenters. The predicted octanol–water partition coefficient (Wildman–Crippen LogP) is 1.26. The number of rotatable bonds is 2. The zero-order valence-electron chi connectivity index (χ0n) is 7.95. The lowest BCUT2D eigenvalue weighted by molar-refractivity contribution is -0.148. The Balaban J connectivity index is 2.04. The highest BCUT2D eigenvalue weighted by atomic mass is 35.5. The van der Waals surface area contributed by atoms with Crippen LogP contribution in [0.15, 0.2) is 0 Å². The molecule has 0 radical (unpaired) electrons. The van der Waals surface area contributed by atoms with Gasteiger partial charge in [-0.25, -0.2) is 4.79 Å². The van der Waals surface area contributed by atoms with Gasteiger partial charge in [0.05, 0.1) is 5.92 Å². The normalized spacial score (nSPS) is 32.8. The Morgan fingerprint density at radius 3 is 2.47 bits per heavy atom. The Labute approximate surface area is 97.1 Å². The molecule has 0 aromatic rings. The molecule has 84 valence electrons. The number of hydrogen-bond acceptors (Lipinski definition) is 2. The molecular weight excluding hydrogens is 241 g/mol. The summed E-state index contributed by atoms with van der Waals surface area (Å²) in [6, 6.07) is -0.692. The fourth-order valence-electron chi connectivity index (χ4n) is 1.97. The maximum Gasteiger partial charge on any atom is 0.326 e. The van der Waals surface area contributed by atoms with E-state index >= 15 is 0 Å². The molecular formula is C9H11Cl2NO3. The van der Waals surface area contributed by atoms with Crippen molar-refractivity contribution >= 4 is 35.1 Å². The topological polar surface area (TPSA) is 57.6 Å². The second-order valence-electron chi connectivity index (χ2n) is 4.05. The van der Waals surface area contributed by atoms with Crippen molar-refractivity contribution in [3.8, 4) is 0 Å². The third kappa shape index (κ3) is 1.93. The van der Waals surface area contributed by atoms with Crippen LogP contribution in [0.5, 0.6) is 0 Å². The number of carboxylic acid groups (broad SMARTS) is 1. The van der Waals surface area contributed by atoms with Gasteiger partial charge in [-0.05, 0) is 19.3 Å². The van der Waals surface area contributed by atoms with Crippen molar-refractivity contribution in [2.75, 3.05) is 6.54 Å². The summed E-state index contributed by atoms with van der Waals surface area (Å²) >= 11 is 11.6. The van der Waals surface area contributed by atoms with Crippen LogP contribution in [-0.4, -0.2) is 38.8 Å². The summed E-state index contributed by atoms with van der Waals surface area (Å²) in [5.41, 5.74) is 0. The largest absolute Gasteiger partial charge is 0.480 e. The molecule has 0 aromatic carbocycles. The van der Waals surface area contributed by atoms with E-state index in [0.717, 1.165) is 6.42 Å². The average molecular weight is 252 g/mol. The Morgan fingerprint density at radius 2 is 2.00 bits per heavy atom. The number of likely N-dealkylation sites (tertiary alicyclic amines) is 1. The average Bonchev–Trinajstić information content (AvgIpc) is 2.65. The number of aliphatic carboxylic acids is 1. The first-order valence-electron chi connectivity index (χ1n) is 4.84. The van der Waals surface area contributed by atoms with Crippen LogP contribution in [0, 0.1) is 5.92 Å². The van der Waals surface area contributed by atoms with Crippen molar-refractivity contribution in [3.05, 3.63) is 0 Å². The lowest BCUT2D eigenvalue weighted by Gasteiger charge is -2.21. The first kappa shape index (κ1) is 11.0. The van der Waals surface area contributed by atoms with Gasteiger partial charge in [0.2, 0.25) is 5.91 Å². The number of nitrogens with zero attached hydrogens (tertiary/aromatic N) is 1. The molecule has 1 saturated carbocycles. The third-order valence-electron chi connectivity index (χ3n) is 2.94. The minimum Gasteiger partial charge on any atom is -0.480 e. The van der Waals surface area contributed by atoms with Crippen molar-refractivity contribution in [3.63, 3.8) is 0 Å². The van der Waals surface area contributed by atoms with E-state index in [0.29, 0.717) is 19.4 Å². The van der Waals surface area contributed by atoms with Crippen LogP contribution in [0.2, 0.25) is 0 Å². The second-order valence-corrected chi connectivity index (χ2v) is 5.59. The van der Waals surface area contributed by atoms with Gasteiger partial charge >= 0.3 is 5.97 Å². The van der Waals surface area contributed by atoms with Crippen LogP contribution >= 0.6 is 23.2 Å². The molecule has 1 N–H and O–H groups in total. The minimum absolute atomic E-state index is 0.218. The maximum atomic E-state index is 11.8. The Bertz CT molecular complexity index is 318. The Morgan fingerprint density at radius 1 is 1.40 bits per heavy atom. The fraction of sp³-hybridized carbons (Fsp3) is 0.778. The maximum absolute atomic E-state index is 11.8. The molecule has 2 aliphatic rings. The summed E-state index contributed by atoms with van der Waals surface area (Å²) < 4.78 is -0.970. The van der Waals surface area contributed by atoms with Crippen LogP contribution < -0.4 is 0 Å². The zero-order valence-corrected chi connectivity index (χ0v) is 9.46. The molecule has 2 atom stereocenters. The highest BCUT2D eigenvalue weighted by Gasteiger charge is 2.58. The van der Waals surface area contributed by atoms with Crippen molar-refractivity contribution in [1.29, 1.82) is 0 Å². The minimum atomic E-state index is -0.970. The number of hydrogen-bond donors (Lipinski definition) is 1. The highest BCUT2D eigenvalue weighted by molar-refractivity contribution is 6.52. The van der Waals surface area contributed by atoms with E-state index in [-0.39, 0.29) is 5.91 Å². The summed E-state index contributed by atoms with van der Waals surface area (Å²) in [4.78, 5) is 24.1. The van der Waals surface area contributed by atoms with Gasteiger partial charge in [-0.15, -0.1) is 23.2 Å². The van der Waals surface area contributed by atoms with Gasteiger partial charge in [-0.3, -0.25) is 4.79 Å². The van der Waals surface area contributed by atoms with E-state index in [9.17, 15) is 9.59 Å². The van der Waals surface area contributed by atoms with E-state index in [1.54, 1.807) is 0 Å². The highest BCUT2D eigenvalue weighted by Crippen LogP contribution is 2.54. The molecule has 4 nitrogen and oxygen atoms in total. The van der Waals surface area contributed by atoms with Gasteiger partial charge in [0.25, 0.3) is 0 Å². The Kier molecular flexibility index (Phi) is 2.59. The first-order valence-corrected chi connectivity index (χ1v) is 5.60. The van der Waals surface area contributed by atoms with Gasteiger partial charge in [0, 0.05) is 6.54 Å². The van der Waals surface area contributed by atoms with E-state index < -0.39 is 22.3 Å². The van der Waals surface area contributed by atoms with E-state index in [1.807, 2.05) is 0 Å². The number of alkyl halides is 2. The van der Waals surface area contributed by atoms with Crippen molar-refractivity contribution in [1.82, 2.24) is 4.90 Å². The number of carbonyl (C=O) groups is 2. The number of carboxylic acids is 1. The lowest BCUT2D eigenvalue weighted by Crippen LogP contribution is -2.41. The fourth-order valence-corrected chi connectivity index (χ4v) is 2.46. The second kappa shape index (κ2) is 3.52. The van der Waals surface area contributed by atoms with E-state index in [1.165, 1.54) is 4.90 Å². The quantitative estimate of drug-likeness (QED) is 0.752. The van der Waals surface area contributed by atoms with Gasteiger partial charge in [0.15, 0.2) is 0 Å². The molecule has 1 heterocycles. The molecule has 0 spiro atoms. The summed E-state index contributed by atoms with van der Waals surface area (Å²) in [6.07, 6.45) is 1.68. The van der Waals surface area contributed by atoms with E-state index in [2.05, 4.69) is 0 Å². The summed E-state index contributed by atoms with van der Waals surface area (Å²) in [5, 5.41) is 8.90. The van der Waals surface area contributed by atoms with Crippen LogP contribution in [0.1, 0.15) is 19.3 Å². The molecule has 1 saturated heterocycles. The van der Waals surface area contributed by atoms with Crippen molar-refractivity contribution in [2.24, 2.45) is 5.92 Å². The summed E-state index contributed by atoms with van der Waals surface area (Å²) in [5.74, 6) is -1.58. The molecule has 1 aliphatic carbocycles. The molecule has 2 rings (SSSR count). The van der Waals surface area contributed by atoms with E-state index in [4.69, 9.17) is 28.3 Å². The molecule has 2 fully saturated rings. The smallest absolute Gasteiger partial charge is 0.326 e. The van der Waals surface area contributed by atoms with Crippen LogP contribution in [0.3, 0.4) is 0 Å². The predicted molar refractivity (Wildman–Crippen MR) is 54.9 cm³/mol. The number of amides is 1.